The highest BCUT2D eigenvalue weighted by molar-refractivity contribution is 5.99. The number of amides is 1. The number of halogens is 2. The van der Waals surface area contributed by atoms with Crippen LogP contribution in [0.2, 0.25) is 0 Å². The van der Waals surface area contributed by atoms with Gasteiger partial charge in [0.1, 0.15) is 22.8 Å². The van der Waals surface area contributed by atoms with Crippen LogP contribution in [0, 0.1) is 0 Å². The molecule has 0 atom stereocenters. The molecular formula is C26H29F2N7O2. The van der Waals surface area contributed by atoms with Gasteiger partial charge in [-0.05, 0) is 62.2 Å². The number of aliphatic hydroxyl groups is 1. The fraction of sp³-hybridized carbons (Fsp3) is 0.385. The predicted octanol–water partition coefficient (Wildman–Crippen LogP) is 3.76. The molecule has 11 heteroatoms. The molecule has 3 aromatic rings. The summed E-state index contributed by atoms with van der Waals surface area (Å²) in [7, 11) is 0. The van der Waals surface area contributed by atoms with Crippen molar-refractivity contribution in [2.75, 3.05) is 17.2 Å². The van der Waals surface area contributed by atoms with Gasteiger partial charge in [0.05, 0.1) is 5.69 Å². The van der Waals surface area contributed by atoms with Gasteiger partial charge in [-0.1, -0.05) is 12.1 Å². The van der Waals surface area contributed by atoms with Crippen LogP contribution in [0.25, 0.3) is 0 Å². The molecule has 0 bridgehead atoms. The van der Waals surface area contributed by atoms with E-state index >= 15 is 0 Å². The van der Waals surface area contributed by atoms with Crippen molar-refractivity contribution >= 4 is 29.2 Å². The van der Waals surface area contributed by atoms with Gasteiger partial charge in [0, 0.05) is 37.3 Å². The van der Waals surface area contributed by atoms with Crippen LogP contribution in [-0.2, 0) is 18.6 Å². The Balaban J connectivity index is 1.43. The second kappa shape index (κ2) is 9.64. The minimum atomic E-state index is -2.91. The average molecular weight is 510 g/mol. The SMILES string of the molecule is CC(C)NC(=O)c1cnc(Nc2ccc3c(c2)CNCC3)nc1Nc1cccc(C2(O)CC(F)(F)C2)n1. The lowest BCUT2D eigenvalue weighted by Gasteiger charge is -2.42. The van der Waals surface area contributed by atoms with Crippen molar-refractivity contribution in [1.29, 1.82) is 0 Å². The van der Waals surface area contributed by atoms with Crippen LogP contribution >= 0.6 is 0 Å². The number of pyridine rings is 1. The number of hydrogen-bond donors (Lipinski definition) is 5. The van der Waals surface area contributed by atoms with E-state index < -0.39 is 24.4 Å². The van der Waals surface area contributed by atoms with Crippen molar-refractivity contribution in [1.82, 2.24) is 25.6 Å². The normalized spacial score (nSPS) is 17.5. The highest BCUT2D eigenvalue weighted by Crippen LogP contribution is 2.51. The van der Waals surface area contributed by atoms with Crippen molar-refractivity contribution in [3.63, 3.8) is 0 Å². The van der Waals surface area contributed by atoms with Crippen molar-refractivity contribution in [2.45, 2.75) is 57.2 Å². The summed E-state index contributed by atoms with van der Waals surface area (Å²) in [5, 5.41) is 22.9. The summed E-state index contributed by atoms with van der Waals surface area (Å²) in [5.74, 6) is -2.59. The van der Waals surface area contributed by atoms with Crippen molar-refractivity contribution in [2.24, 2.45) is 0 Å². The molecule has 194 valence electrons. The molecule has 0 unspecified atom stereocenters. The first-order chi connectivity index (χ1) is 17.6. The van der Waals surface area contributed by atoms with Gasteiger partial charge in [-0.25, -0.2) is 18.7 Å². The largest absolute Gasteiger partial charge is 0.383 e. The van der Waals surface area contributed by atoms with E-state index in [0.29, 0.717) is 0 Å². The molecule has 0 radical (unpaired) electrons. The van der Waals surface area contributed by atoms with Crippen LogP contribution in [0.4, 0.5) is 32.1 Å². The number of fused-ring (bicyclic) bond motifs is 1. The van der Waals surface area contributed by atoms with Gasteiger partial charge in [0.25, 0.3) is 11.8 Å². The Bertz CT molecular complexity index is 1320. The maximum absolute atomic E-state index is 13.5. The van der Waals surface area contributed by atoms with Gasteiger partial charge < -0.3 is 26.4 Å². The summed E-state index contributed by atoms with van der Waals surface area (Å²) in [4.78, 5) is 26.0. The highest BCUT2D eigenvalue weighted by atomic mass is 19.3. The predicted molar refractivity (Wildman–Crippen MR) is 135 cm³/mol. The number of carbonyl (C=O) groups excluding carboxylic acids is 1. The monoisotopic (exact) mass is 509 g/mol. The third kappa shape index (κ3) is 5.52. The Labute approximate surface area is 213 Å². The van der Waals surface area contributed by atoms with Crippen LogP contribution in [0.1, 0.15) is 53.9 Å². The molecule has 37 heavy (non-hydrogen) atoms. The van der Waals surface area contributed by atoms with E-state index in [9.17, 15) is 18.7 Å². The first-order valence-electron chi connectivity index (χ1n) is 12.2. The number of rotatable bonds is 7. The van der Waals surface area contributed by atoms with E-state index in [0.717, 1.165) is 25.2 Å². The number of nitrogens with zero attached hydrogens (tertiary/aromatic N) is 3. The van der Waals surface area contributed by atoms with E-state index in [1.54, 1.807) is 12.1 Å². The van der Waals surface area contributed by atoms with E-state index in [1.165, 1.54) is 23.4 Å². The highest BCUT2D eigenvalue weighted by Gasteiger charge is 2.57. The molecule has 1 amide bonds. The molecule has 2 aromatic heterocycles. The lowest BCUT2D eigenvalue weighted by molar-refractivity contribution is -0.212. The number of benzene rings is 1. The maximum atomic E-state index is 13.5. The minimum absolute atomic E-state index is 0.113. The standard InChI is InChI=1S/C26H29F2N7O2/c1-15(2)31-23(36)19-12-30-24(32-18-7-6-16-8-9-29-11-17(16)10-18)35-22(19)34-21-5-3-4-20(33-21)25(37)13-26(27,28)14-25/h3-7,10,12,15,29,37H,8-9,11,13-14H2,1-2H3,(H,31,36)(H2,30,32,33,34,35). The van der Waals surface area contributed by atoms with Crippen LogP contribution in [0.3, 0.4) is 0 Å². The van der Waals surface area contributed by atoms with Gasteiger partial charge in [0.15, 0.2) is 0 Å². The molecule has 2 aliphatic rings. The fourth-order valence-corrected chi connectivity index (χ4v) is 4.60. The van der Waals surface area contributed by atoms with E-state index in [-0.39, 0.29) is 40.8 Å². The zero-order valence-electron chi connectivity index (χ0n) is 20.6. The molecule has 1 aromatic carbocycles. The Morgan fingerprint density at radius 2 is 1.92 bits per heavy atom. The third-order valence-corrected chi connectivity index (χ3v) is 6.38. The smallest absolute Gasteiger partial charge is 0.256 e. The van der Waals surface area contributed by atoms with Gasteiger partial charge in [-0.3, -0.25) is 4.79 Å². The summed E-state index contributed by atoms with van der Waals surface area (Å²) >= 11 is 0. The summed E-state index contributed by atoms with van der Waals surface area (Å²) in [6.07, 6.45) is 1.02. The summed E-state index contributed by atoms with van der Waals surface area (Å²) in [6.45, 7) is 5.42. The van der Waals surface area contributed by atoms with Crippen molar-refractivity contribution in [3.8, 4) is 0 Å². The maximum Gasteiger partial charge on any atom is 0.256 e. The van der Waals surface area contributed by atoms with Crippen LogP contribution in [0.5, 0.6) is 0 Å². The van der Waals surface area contributed by atoms with Gasteiger partial charge in [0.2, 0.25) is 5.95 Å². The quantitative estimate of drug-likeness (QED) is 0.326. The molecule has 0 saturated heterocycles. The van der Waals surface area contributed by atoms with Crippen LogP contribution < -0.4 is 21.3 Å². The van der Waals surface area contributed by atoms with Gasteiger partial charge >= 0.3 is 0 Å². The van der Waals surface area contributed by atoms with Crippen molar-refractivity contribution in [3.05, 3.63) is 65.0 Å². The number of alkyl halides is 2. The summed E-state index contributed by atoms with van der Waals surface area (Å²) in [6, 6.07) is 10.7. The average Bonchev–Trinajstić information content (AvgIpc) is 2.82. The van der Waals surface area contributed by atoms with Crippen LogP contribution in [-0.4, -0.2) is 44.5 Å². The van der Waals surface area contributed by atoms with Gasteiger partial charge in [-0.15, -0.1) is 0 Å². The molecule has 9 nitrogen and oxygen atoms in total. The van der Waals surface area contributed by atoms with E-state index in [2.05, 4.69) is 42.3 Å². The molecule has 1 aliphatic carbocycles. The number of anilines is 4. The van der Waals surface area contributed by atoms with E-state index in [4.69, 9.17) is 0 Å². The molecule has 1 fully saturated rings. The molecule has 1 saturated carbocycles. The minimum Gasteiger partial charge on any atom is -0.383 e. The fourth-order valence-electron chi connectivity index (χ4n) is 4.60. The molecule has 5 rings (SSSR count). The Morgan fingerprint density at radius 3 is 2.68 bits per heavy atom. The Morgan fingerprint density at radius 1 is 1.11 bits per heavy atom. The second-order valence-corrected chi connectivity index (χ2v) is 9.89. The third-order valence-electron chi connectivity index (χ3n) is 6.38. The first kappa shape index (κ1) is 25.0. The van der Waals surface area contributed by atoms with Gasteiger partial charge in [-0.2, -0.15) is 4.98 Å². The molecule has 1 aliphatic heterocycles. The number of carbonyl (C=O) groups is 1. The molecule has 0 spiro atoms. The molecule has 3 heterocycles. The second-order valence-electron chi connectivity index (χ2n) is 9.89. The molecule has 5 N–H and O–H groups in total. The summed E-state index contributed by atoms with van der Waals surface area (Å²) < 4.78 is 26.9. The topological polar surface area (TPSA) is 124 Å². The Kier molecular flexibility index (Phi) is 6.50. The van der Waals surface area contributed by atoms with E-state index in [1.807, 2.05) is 26.0 Å². The molecular weight excluding hydrogens is 480 g/mol. The Hall–Kier alpha value is -3.70. The number of nitrogens with one attached hydrogen (secondary N) is 4. The lowest BCUT2D eigenvalue weighted by atomic mass is 9.74. The van der Waals surface area contributed by atoms with Crippen LogP contribution in [0.15, 0.2) is 42.6 Å². The first-order valence-corrected chi connectivity index (χ1v) is 12.2. The lowest BCUT2D eigenvalue weighted by Crippen LogP contribution is -2.49. The summed E-state index contributed by atoms with van der Waals surface area (Å²) in [5.41, 5.74) is 1.93. The number of hydrogen-bond acceptors (Lipinski definition) is 8. The van der Waals surface area contributed by atoms with Crippen molar-refractivity contribution < 1.29 is 18.7 Å². The zero-order chi connectivity index (χ0) is 26.2. The zero-order valence-corrected chi connectivity index (χ0v) is 20.6. The number of aromatic nitrogens is 3.